The van der Waals surface area contributed by atoms with E-state index in [-0.39, 0.29) is 30.5 Å². The van der Waals surface area contributed by atoms with Gasteiger partial charge >= 0.3 is 0 Å². The minimum atomic E-state index is -0.482. The monoisotopic (exact) mass is 342 g/mol. The van der Waals surface area contributed by atoms with Gasteiger partial charge in [-0.25, -0.2) is 4.39 Å². The summed E-state index contributed by atoms with van der Waals surface area (Å²) < 4.78 is 13.6. The lowest BCUT2D eigenvalue weighted by Crippen LogP contribution is -2.33. The topological polar surface area (TPSA) is 49.4 Å². The number of carbonyl (C=O) groups is 2. The van der Waals surface area contributed by atoms with Gasteiger partial charge in [0, 0.05) is 25.6 Å². The maximum atomic E-state index is 13.6. The number of hydrogen-bond donors (Lipinski definition) is 1. The number of carbonyl (C=O) groups excluding carboxylic acids is 2. The molecule has 132 valence electrons. The predicted octanol–water partition coefficient (Wildman–Crippen LogP) is 4.13. The number of anilines is 2. The fraction of sp³-hybridized carbons (Fsp3) is 0.300. The highest BCUT2D eigenvalue weighted by atomic mass is 19.1. The molecular formula is C20H23FN2O2. The lowest BCUT2D eigenvalue weighted by Gasteiger charge is -2.25. The molecule has 4 nitrogen and oxygen atoms in total. The average molecular weight is 342 g/mol. The van der Waals surface area contributed by atoms with Gasteiger partial charge in [-0.1, -0.05) is 29.8 Å². The molecule has 2 aromatic rings. The highest BCUT2D eigenvalue weighted by molar-refractivity contribution is 5.96. The van der Waals surface area contributed by atoms with Crippen LogP contribution in [0.15, 0.2) is 36.4 Å². The molecule has 0 aliphatic carbocycles. The minimum absolute atomic E-state index is 0.0840. The molecule has 2 aromatic carbocycles. The van der Waals surface area contributed by atoms with Gasteiger partial charge in [-0.2, -0.15) is 0 Å². The first-order valence-corrected chi connectivity index (χ1v) is 8.20. The van der Waals surface area contributed by atoms with Crippen LogP contribution in [-0.2, 0) is 9.59 Å². The summed E-state index contributed by atoms with van der Waals surface area (Å²) in [6, 6.07) is 10.0. The van der Waals surface area contributed by atoms with Crippen LogP contribution in [0.1, 0.15) is 30.0 Å². The van der Waals surface area contributed by atoms with E-state index in [4.69, 9.17) is 0 Å². The second-order valence-electron chi connectivity index (χ2n) is 6.20. The zero-order valence-corrected chi connectivity index (χ0v) is 15.0. The molecule has 0 atom stereocenters. The number of amides is 2. The van der Waals surface area contributed by atoms with Crippen LogP contribution in [0, 0.1) is 26.6 Å². The molecule has 2 amide bonds. The third-order valence-electron chi connectivity index (χ3n) is 4.00. The fourth-order valence-electron chi connectivity index (χ4n) is 3.01. The van der Waals surface area contributed by atoms with Crippen LogP contribution >= 0.6 is 0 Å². The van der Waals surface area contributed by atoms with Crippen LogP contribution in [0.2, 0.25) is 0 Å². The molecule has 0 spiro atoms. The largest absolute Gasteiger partial charge is 0.324 e. The van der Waals surface area contributed by atoms with Gasteiger partial charge in [-0.05, 0) is 44.0 Å². The van der Waals surface area contributed by atoms with Gasteiger partial charge in [0.25, 0.3) is 0 Å². The molecule has 0 aliphatic heterocycles. The van der Waals surface area contributed by atoms with Crippen molar-refractivity contribution in [1.82, 2.24) is 0 Å². The van der Waals surface area contributed by atoms with Gasteiger partial charge in [0.15, 0.2) is 0 Å². The molecule has 0 heterocycles. The number of nitrogens with one attached hydrogen (secondary N) is 1. The molecule has 25 heavy (non-hydrogen) atoms. The summed E-state index contributed by atoms with van der Waals surface area (Å²) in [5, 5.41) is 2.54. The first kappa shape index (κ1) is 18.6. The fourth-order valence-corrected chi connectivity index (χ4v) is 3.01. The smallest absolute Gasteiger partial charge is 0.226 e. The highest BCUT2D eigenvalue weighted by Crippen LogP contribution is 2.26. The zero-order valence-electron chi connectivity index (χ0n) is 15.0. The van der Waals surface area contributed by atoms with Crippen LogP contribution in [-0.4, -0.2) is 18.4 Å². The normalized spacial score (nSPS) is 10.4. The quantitative estimate of drug-likeness (QED) is 0.888. The summed E-state index contributed by atoms with van der Waals surface area (Å²) >= 11 is 0. The molecule has 0 saturated carbocycles. The van der Waals surface area contributed by atoms with Crippen molar-refractivity contribution in [3.8, 4) is 0 Å². The highest BCUT2D eigenvalue weighted by Gasteiger charge is 2.18. The van der Waals surface area contributed by atoms with Crippen molar-refractivity contribution in [2.75, 3.05) is 16.8 Å². The van der Waals surface area contributed by atoms with Gasteiger partial charge in [0.1, 0.15) is 5.82 Å². The molecule has 0 saturated heterocycles. The SMILES string of the molecule is CC(=O)N(CCC(=O)Nc1ccccc1F)c1c(C)cc(C)cc1C. The maximum absolute atomic E-state index is 13.6. The van der Waals surface area contributed by atoms with Crippen molar-refractivity contribution < 1.29 is 14.0 Å². The van der Waals surface area contributed by atoms with E-state index in [0.717, 1.165) is 22.4 Å². The van der Waals surface area contributed by atoms with Gasteiger partial charge in [-0.3, -0.25) is 9.59 Å². The summed E-state index contributed by atoms with van der Waals surface area (Å²) in [5.41, 5.74) is 4.07. The third kappa shape index (κ3) is 4.66. The van der Waals surface area contributed by atoms with Crippen LogP contribution in [0.3, 0.4) is 0 Å². The Morgan fingerprint density at radius 3 is 2.24 bits per heavy atom. The number of hydrogen-bond acceptors (Lipinski definition) is 2. The van der Waals surface area contributed by atoms with Crippen molar-refractivity contribution in [3.63, 3.8) is 0 Å². The summed E-state index contributed by atoms with van der Waals surface area (Å²) in [4.78, 5) is 25.8. The maximum Gasteiger partial charge on any atom is 0.226 e. The Balaban J connectivity index is 2.12. The van der Waals surface area contributed by atoms with Crippen molar-refractivity contribution in [1.29, 1.82) is 0 Å². The zero-order chi connectivity index (χ0) is 18.6. The lowest BCUT2D eigenvalue weighted by atomic mass is 10.0. The van der Waals surface area contributed by atoms with Gasteiger partial charge in [0.2, 0.25) is 11.8 Å². The Hall–Kier alpha value is -2.69. The van der Waals surface area contributed by atoms with E-state index in [1.807, 2.05) is 32.9 Å². The van der Waals surface area contributed by atoms with E-state index < -0.39 is 5.82 Å². The number of rotatable bonds is 5. The lowest BCUT2D eigenvalue weighted by molar-refractivity contribution is -0.117. The number of benzene rings is 2. The van der Waals surface area contributed by atoms with Crippen molar-refractivity contribution in [2.45, 2.75) is 34.1 Å². The average Bonchev–Trinajstić information content (AvgIpc) is 2.51. The van der Waals surface area contributed by atoms with E-state index in [0.29, 0.717) is 0 Å². The first-order valence-electron chi connectivity index (χ1n) is 8.20. The second kappa shape index (κ2) is 7.92. The Labute approximate surface area is 147 Å². The van der Waals surface area contributed by atoms with E-state index in [2.05, 4.69) is 5.32 Å². The molecule has 0 fully saturated rings. The van der Waals surface area contributed by atoms with Crippen LogP contribution in [0.5, 0.6) is 0 Å². The molecule has 0 radical (unpaired) electrons. The number of nitrogens with zero attached hydrogens (tertiary/aromatic N) is 1. The van der Waals surface area contributed by atoms with Crippen LogP contribution in [0.25, 0.3) is 0 Å². The second-order valence-corrected chi connectivity index (χ2v) is 6.20. The summed E-state index contributed by atoms with van der Waals surface area (Å²) in [7, 11) is 0. The predicted molar refractivity (Wildman–Crippen MR) is 98.3 cm³/mol. The van der Waals surface area contributed by atoms with E-state index >= 15 is 0 Å². The molecule has 0 bridgehead atoms. The molecule has 0 unspecified atom stereocenters. The number of halogens is 1. The standard InChI is InChI=1S/C20H23FN2O2/c1-13-11-14(2)20(15(3)12-13)23(16(4)24)10-9-19(25)22-18-8-6-5-7-17(18)21/h5-8,11-12H,9-10H2,1-4H3,(H,22,25). The molecule has 0 aliphatic rings. The third-order valence-corrected chi connectivity index (χ3v) is 4.00. The summed E-state index contributed by atoms with van der Waals surface area (Å²) in [6.45, 7) is 7.62. The Morgan fingerprint density at radius 2 is 1.68 bits per heavy atom. The summed E-state index contributed by atoms with van der Waals surface area (Å²) in [6.07, 6.45) is 0.0840. The summed E-state index contributed by atoms with van der Waals surface area (Å²) in [5.74, 6) is -0.947. The van der Waals surface area contributed by atoms with Crippen molar-refractivity contribution in [3.05, 3.63) is 58.9 Å². The van der Waals surface area contributed by atoms with E-state index in [1.54, 1.807) is 17.0 Å². The van der Waals surface area contributed by atoms with Crippen molar-refractivity contribution >= 4 is 23.2 Å². The first-order chi connectivity index (χ1) is 11.8. The van der Waals surface area contributed by atoms with E-state index in [1.165, 1.54) is 19.1 Å². The number of aryl methyl sites for hydroxylation is 3. The van der Waals surface area contributed by atoms with Crippen LogP contribution < -0.4 is 10.2 Å². The van der Waals surface area contributed by atoms with Gasteiger partial charge in [0.05, 0.1) is 5.69 Å². The van der Waals surface area contributed by atoms with E-state index in [9.17, 15) is 14.0 Å². The van der Waals surface area contributed by atoms with Gasteiger partial charge < -0.3 is 10.2 Å². The number of para-hydroxylation sites is 1. The molecule has 2 rings (SSSR count). The Morgan fingerprint density at radius 1 is 1.08 bits per heavy atom. The molecule has 1 N–H and O–H groups in total. The minimum Gasteiger partial charge on any atom is -0.324 e. The molecule has 0 aromatic heterocycles. The van der Waals surface area contributed by atoms with Crippen molar-refractivity contribution in [2.24, 2.45) is 0 Å². The Kier molecular flexibility index (Phi) is 5.91. The molecular weight excluding hydrogens is 319 g/mol. The Bertz CT molecular complexity index is 779. The van der Waals surface area contributed by atoms with Gasteiger partial charge in [-0.15, -0.1) is 0 Å². The van der Waals surface area contributed by atoms with Crippen LogP contribution in [0.4, 0.5) is 15.8 Å². The molecule has 5 heteroatoms.